The maximum Gasteiger partial charge on any atom is 0.330 e. The fourth-order valence-electron chi connectivity index (χ4n) is 1.14. The molecule has 1 rings (SSSR count). The molecule has 0 unspecified atom stereocenters. The van der Waals surface area contributed by atoms with Gasteiger partial charge in [-0.3, -0.25) is 4.79 Å². The normalized spacial score (nSPS) is 15.1. The monoisotopic (exact) mass is 240 g/mol. The molecular weight excluding hydrogens is 220 g/mol. The van der Waals surface area contributed by atoms with E-state index >= 15 is 0 Å². The molecule has 0 aromatic rings. The summed E-state index contributed by atoms with van der Waals surface area (Å²) in [4.78, 5) is 20.3. The molecule has 0 spiro atoms. The fourth-order valence-corrected chi connectivity index (χ4v) is 1.14. The molecule has 0 aromatic carbocycles. The minimum Gasteiger partial charge on any atom is -0.481 e. The highest BCUT2D eigenvalue weighted by Crippen LogP contribution is 2.46. The Kier molecular flexibility index (Phi) is 6.25. The first-order valence-electron chi connectivity index (χ1n) is 5.67. The van der Waals surface area contributed by atoms with Gasteiger partial charge >= 0.3 is 11.9 Å². The third-order valence-electron chi connectivity index (χ3n) is 2.74. The van der Waals surface area contributed by atoms with E-state index in [9.17, 15) is 9.59 Å². The van der Waals surface area contributed by atoms with Gasteiger partial charge in [0.2, 0.25) is 0 Å². The Bertz CT molecular complexity index is 313. The number of carboxylic acids is 2. The predicted octanol–water partition coefficient (Wildman–Crippen LogP) is 2.85. The molecule has 1 aliphatic carbocycles. The first kappa shape index (κ1) is 15.4. The highest BCUT2D eigenvalue weighted by Gasteiger charge is 2.47. The van der Waals surface area contributed by atoms with E-state index in [1.165, 1.54) is 6.08 Å². The van der Waals surface area contributed by atoms with Crippen molar-refractivity contribution in [2.24, 2.45) is 5.41 Å². The molecule has 4 heteroatoms. The zero-order chi connectivity index (χ0) is 13.5. The molecule has 0 radical (unpaired) electrons. The van der Waals surface area contributed by atoms with E-state index < -0.39 is 17.4 Å². The standard InChI is InChI=1S/C7H12O2.C6H8O2/c1-3-4-5-6(2)7(8)9;1-2-6(3-4-6)5(7)8/h2-5H2,1H3,(H,8,9);2H,1,3-4H2,(H,7,8). The fraction of sp³-hybridized carbons (Fsp3) is 0.538. The van der Waals surface area contributed by atoms with Gasteiger partial charge in [-0.05, 0) is 25.7 Å². The summed E-state index contributed by atoms with van der Waals surface area (Å²) in [6, 6.07) is 0. The maximum absolute atomic E-state index is 10.2. The molecule has 2 N–H and O–H groups in total. The maximum atomic E-state index is 10.2. The van der Waals surface area contributed by atoms with Crippen LogP contribution < -0.4 is 0 Å². The van der Waals surface area contributed by atoms with Crippen LogP contribution in [0.1, 0.15) is 39.0 Å². The van der Waals surface area contributed by atoms with Crippen molar-refractivity contribution in [1.29, 1.82) is 0 Å². The van der Waals surface area contributed by atoms with E-state index in [4.69, 9.17) is 10.2 Å². The molecule has 96 valence electrons. The molecule has 1 aliphatic rings. The molecule has 1 fully saturated rings. The molecular formula is C13H20O4. The van der Waals surface area contributed by atoms with Crippen LogP contribution >= 0.6 is 0 Å². The van der Waals surface area contributed by atoms with Crippen molar-refractivity contribution < 1.29 is 19.8 Å². The highest BCUT2D eigenvalue weighted by molar-refractivity contribution is 5.85. The van der Waals surface area contributed by atoms with Crippen LogP contribution in [0, 0.1) is 5.41 Å². The second kappa shape index (κ2) is 6.89. The lowest BCUT2D eigenvalue weighted by Crippen LogP contribution is -2.10. The van der Waals surface area contributed by atoms with E-state index in [-0.39, 0.29) is 0 Å². The smallest absolute Gasteiger partial charge is 0.330 e. The van der Waals surface area contributed by atoms with Gasteiger partial charge in [-0.1, -0.05) is 26.0 Å². The molecule has 0 bridgehead atoms. The second-order valence-corrected chi connectivity index (χ2v) is 4.18. The number of hydrogen-bond donors (Lipinski definition) is 2. The van der Waals surface area contributed by atoms with Crippen molar-refractivity contribution >= 4 is 11.9 Å². The zero-order valence-electron chi connectivity index (χ0n) is 10.2. The van der Waals surface area contributed by atoms with Gasteiger partial charge in [-0.2, -0.15) is 0 Å². The van der Waals surface area contributed by atoms with E-state index in [1.54, 1.807) is 0 Å². The van der Waals surface area contributed by atoms with E-state index in [1.807, 2.05) is 6.92 Å². The van der Waals surface area contributed by atoms with Crippen molar-refractivity contribution in [3.05, 3.63) is 24.8 Å². The van der Waals surface area contributed by atoms with Crippen LogP contribution in [0.25, 0.3) is 0 Å². The minimum absolute atomic E-state index is 0.317. The average Bonchev–Trinajstić information content (AvgIpc) is 3.07. The van der Waals surface area contributed by atoms with Crippen LogP contribution in [-0.4, -0.2) is 22.2 Å². The summed E-state index contributed by atoms with van der Waals surface area (Å²) in [5.74, 6) is -1.60. The Balaban J connectivity index is 0.000000302. The lowest BCUT2D eigenvalue weighted by molar-refractivity contribution is -0.141. The Hall–Kier alpha value is -1.58. The number of rotatable bonds is 6. The second-order valence-electron chi connectivity index (χ2n) is 4.18. The summed E-state index contributed by atoms with van der Waals surface area (Å²) < 4.78 is 0. The lowest BCUT2D eigenvalue weighted by Gasteiger charge is -1.97. The summed E-state index contributed by atoms with van der Waals surface area (Å²) in [6.07, 6.45) is 5.62. The summed E-state index contributed by atoms with van der Waals surface area (Å²) in [7, 11) is 0. The van der Waals surface area contributed by atoms with Gasteiger partial charge in [0.1, 0.15) is 0 Å². The van der Waals surface area contributed by atoms with Gasteiger partial charge in [-0.25, -0.2) is 4.79 Å². The highest BCUT2D eigenvalue weighted by atomic mass is 16.4. The average molecular weight is 240 g/mol. The molecule has 0 amide bonds. The van der Waals surface area contributed by atoms with Crippen LogP contribution in [0.5, 0.6) is 0 Å². The topological polar surface area (TPSA) is 74.6 Å². The van der Waals surface area contributed by atoms with Crippen molar-refractivity contribution in [3.8, 4) is 0 Å². The third-order valence-corrected chi connectivity index (χ3v) is 2.74. The van der Waals surface area contributed by atoms with Crippen molar-refractivity contribution in [2.45, 2.75) is 39.0 Å². The Labute approximate surface area is 102 Å². The van der Waals surface area contributed by atoms with Crippen LogP contribution in [0.4, 0.5) is 0 Å². The van der Waals surface area contributed by atoms with E-state index in [2.05, 4.69) is 13.2 Å². The summed E-state index contributed by atoms with van der Waals surface area (Å²) in [6.45, 7) is 8.85. The quantitative estimate of drug-likeness (QED) is 0.553. The van der Waals surface area contributed by atoms with Gasteiger partial charge in [-0.15, -0.1) is 6.58 Å². The van der Waals surface area contributed by atoms with Gasteiger partial charge in [0.25, 0.3) is 0 Å². The number of unbranched alkanes of at least 4 members (excludes halogenated alkanes) is 1. The molecule has 17 heavy (non-hydrogen) atoms. The zero-order valence-corrected chi connectivity index (χ0v) is 10.2. The first-order chi connectivity index (χ1) is 7.89. The molecule has 0 saturated heterocycles. The van der Waals surface area contributed by atoms with Crippen molar-refractivity contribution in [2.75, 3.05) is 0 Å². The van der Waals surface area contributed by atoms with Gasteiger partial charge in [0.15, 0.2) is 0 Å². The van der Waals surface area contributed by atoms with Crippen molar-refractivity contribution in [1.82, 2.24) is 0 Å². The van der Waals surface area contributed by atoms with Crippen LogP contribution in [0.2, 0.25) is 0 Å². The molecule has 4 nitrogen and oxygen atoms in total. The van der Waals surface area contributed by atoms with Crippen LogP contribution in [0.3, 0.4) is 0 Å². The van der Waals surface area contributed by atoms with Crippen molar-refractivity contribution in [3.63, 3.8) is 0 Å². The molecule has 0 aliphatic heterocycles. The minimum atomic E-state index is -0.872. The van der Waals surface area contributed by atoms with Gasteiger partial charge in [0.05, 0.1) is 5.41 Å². The summed E-state index contributed by atoms with van der Waals surface area (Å²) >= 11 is 0. The summed E-state index contributed by atoms with van der Waals surface area (Å²) in [5.41, 5.74) is -0.211. The van der Waals surface area contributed by atoms with E-state index in [0.717, 1.165) is 25.7 Å². The third kappa shape index (κ3) is 5.33. The number of carbonyl (C=O) groups is 2. The molecule has 1 saturated carbocycles. The SMILES string of the molecule is C=C(CCCC)C(=O)O.C=CC1(C(=O)O)CC1. The Morgan fingerprint density at radius 3 is 2.06 bits per heavy atom. The Morgan fingerprint density at radius 2 is 1.88 bits per heavy atom. The van der Waals surface area contributed by atoms with Gasteiger partial charge < -0.3 is 10.2 Å². The molecule has 0 atom stereocenters. The number of hydrogen-bond acceptors (Lipinski definition) is 2. The Morgan fingerprint density at radius 1 is 1.35 bits per heavy atom. The number of aliphatic carboxylic acids is 2. The van der Waals surface area contributed by atoms with E-state index in [0.29, 0.717) is 12.0 Å². The largest absolute Gasteiger partial charge is 0.481 e. The number of carboxylic acid groups (broad SMARTS) is 2. The lowest BCUT2D eigenvalue weighted by atomic mass is 10.1. The van der Waals surface area contributed by atoms with Crippen LogP contribution in [-0.2, 0) is 9.59 Å². The first-order valence-corrected chi connectivity index (χ1v) is 5.67. The molecule has 0 aromatic heterocycles. The van der Waals surface area contributed by atoms with Crippen LogP contribution in [0.15, 0.2) is 24.8 Å². The molecule has 0 heterocycles. The predicted molar refractivity (Wildman–Crippen MR) is 65.8 cm³/mol. The van der Waals surface area contributed by atoms with Gasteiger partial charge in [0, 0.05) is 5.57 Å². The summed E-state index contributed by atoms with van der Waals surface area (Å²) in [5, 5.41) is 16.7.